The molecule has 0 heterocycles. The molecule has 3 nitrogen and oxygen atoms in total. The van der Waals surface area contributed by atoms with E-state index in [1.54, 1.807) is 0 Å². The normalized spacial score (nSPS) is 12.8. The van der Waals surface area contributed by atoms with E-state index in [1.807, 2.05) is 0 Å². The number of hydrogen-bond acceptors (Lipinski definition) is 3. The summed E-state index contributed by atoms with van der Waals surface area (Å²) in [5.74, 6) is 0. The number of hydrogen-bond donors (Lipinski definition) is 1. The second-order valence-corrected chi connectivity index (χ2v) is 4.80. The Balaban J connectivity index is 2.81. The molecule has 0 amide bonds. The Hall–Kier alpha value is -1.06. The molecule has 1 atom stereocenters. The highest BCUT2D eigenvalue weighted by molar-refractivity contribution is 5.54. The van der Waals surface area contributed by atoms with Crippen LogP contribution in [0.3, 0.4) is 0 Å². The highest BCUT2D eigenvalue weighted by Crippen LogP contribution is 2.25. The Bertz CT molecular complexity index is 336. The fourth-order valence-corrected chi connectivity index (χ4v) is 1.84. The van der Waals surface area contributed by atoms with Gasteiger partial charge in [-0.05, 0) is 32.1 Å². The summed E-state index contributed by atoms with van der Waals surface area (Å²) in [5.41, 5.74) is 8.65. The van der Waals surface area contributed by atoms with Crippen LogP contribution in [-0.2, 0) is 0 Å². The Kier molecular flexibility index (Phi) is 5.45. The largest absolute Gasteiger partial charge is 0.373 e. The predicted molar refractivity (Wildman–Crippen MR) is 75.5 cm³/mol. The topological polar surface area (TPSA) is 32.5 Å². The lowest BCUT2D eigenvalue weighted by Gasteiger charge is -2.26. The van der Waals surface area contributed by atoms with E-state index in [4.69, 9.17) is 5.73 Å². The van der Waals surface area contributed by atoms with Crippen molar-refractivity contribution in [2.24, 2.45) is 5.73 Å². The third kappa shape index (κ3) is 4.02. The van der Waals surface area contributed by atoms with Crippen LogP contribution in [0.1, 0.15) is 24.9 Å². The maximum absolute atomic E-state index is 6.15. The Morgan fingerprint density at radius 1 is 1.12 bits per heavy atom. The summed E-state index contributed by atoms with van der Waals surface area (Å²) in [6.07, 6.45) is 0.971. The zero-order valence-corrected chi connectivity index (χ0v) is 11.5. The molecule has 1 aromatic carbocycles. The molecule has 0 saturated heterocycles. The predicted octanol–water partition coefficient (Wildman–Crippen LogP) is 2.09. The molecule has 0 radical (unpaired) electrons. The number of anilines is 1. The minimum atomic E-state index is 0.132. The van der Waals surface area contributed by atoms with E-state index in [0.29, 0.717) is 0 Å². The maximum Gasteiger partial charge on any atom is 0.0412 e. The molecular weight excluding hydrogens is 210 g/mol. The number of benzene rings is 1. The first-order chi connectivity index (χ1) is 8.06. The van der Waals surface area contributed by atoms with E-state index in [9.17, 15) is 0 Å². The zero-order chi connectivity index (χ0) is 12.8. The summed E-state index contributed by atoms with van der Waals surface area (Å²) >= 11 is 0. The number of likely N-dealkylation sites (N-methyl/N-ethyl adjacent to an activating group) is 2. The second-order valence-electron chi connectivity index (χ2n) is 4.80. The second kappa shape index (κ2) is 6.62. The molecule has 3 heteroatoms. The van der Waals surface area contributed by atoms with E-state index in [-0.39, 0.29) is 6.04 Å². The van der Waals surface area contributed by atoms with Crippen molar-refractivity contribution < 1.29 is 0 Å². The monoisotopic (exact) mass is 235 g/mol. The van der Waals surface area contributed by atoms with Gasteiger partial charge in [0, 0.05) is 31.9 Å². The number of rotatable bonds is 6. The van der Waals surface area contributed by atoms with Gasteiger partial charge < -0.3 is 15.5 Å². The number of nitrogens with zero attached hydrogens (tertiary/aromatic N) is 2. The summed E-state index contributed by atoms with van der Waals surface area (Å²) in [6.45, 7) is 4.19. The summed E-state index contributed by atoms with van der Waals surface area (Å²) < 4.78 is 0. The van der Waals surface area contributed by atoms with Gasteiger partial charge in [-0.2, -0.15) is 0 Å². The first kappa shape index (κ1) is 14.0. The van der Waals surface area contributed by atoms with Gasteiger partial charge in [0.2, 0.25) is 0 Å². The molecule has 1 rings (SSSR count). The fourth-order valence-electron chi connectivity index (χ4n) is 1.84. The zero-order valence-electron chi connectivity index (χ0n) is 11.5. The lowest BCUT2D eigenvalue weighted by atomic mass is 10.0. The lowest BCUT2D eigenvalue weighted by Crippen LogP contribution is -2.29. The van der Waals surface area contributed by atoms with Crippen molar-refractivity contribution in [1.82, 2.24) is 4.90 Å². The van der Waals surface area contributed by atoms with Gasteiger partial charge in [-0.1, -0.05) is 25.1 Å². The molecule has 17 heavy (non-hydrogen) atoms. The fraction of sp³-hybridized carbons (Fsp3) is 0.571. The van der Waals surface area contributed by atoms with Gasteiger partial charge in [0.1, 0.15) is 0 Å². The van der Waals surface area contributed by atoms with Crippen molar-refractivity contribution in [1.29, 1.82) is 0 Å². The summed E-state index contributed by atoms with van der Waals surface area (Å²) in [6, 6.07) is 8.56. The van der Waals surface area contributed by atoms with E-state index in [2.05, 4.69) is 62.1 Å². The molecule has 0 bridgehead atoms. The first-order valence-corrected chi connectivity index (χ1v) is 6.26. The van der Waals surface area contributed by atoms with Crippen LogP contribution in [0.25, 0.3) is 0 Å². The Morgan fingerprint density at radius 2 is 1.76 bits per heavy atom. The Labute approximate surface area is 105 Å². The first-order valence-electron chi connectivity index (χ1n) is 6.26. The van der Waals surface area contributed by atoms with Gasteiger partial charge in [0.05, 0.1) is 0 Å². The number of para-hydroxylation sites is 1. The number of nitrogens with two attached hydrogens (primary N) is 1. The molecule has 1 aromatic rings. The summed E-state index contributed by atoms with van der Waals surface area (Å²) in [7, 11) is 6.32. The SMILES string of the molecule is CCC(N)c1ccccc1N(C)CCN(C)C. The standard InChI is InChI=1S/C14H25N3/c1-5-13(15)12-8-6-7-9-14(12)17(4)11-10-16(2)3/h6-9,13H,5,10-11,15H2,1-4H3. The van der Waals surface area contributed by atoms with Crippen LogP contribution in [0, 0.1) is 0 Å². The molecule has 96 valence electrons. The molecular formula is C14H25N3. The van der Waals surface area contributed by atoms with Crippen LogP contribution in [0.15, 0.2) is 24.3 Å². The molecule has 0 fully saturated rings. The van der Waals surface area contributed by atoms with Crippen LogP contribution in [0.2, 0.25) is 0 Å². The van der Waals surface area contributed by atoms with Crippen molar-refractivity contribution in [3.8, 4) is 0 Å². The molecule has 2 N–H and O–H groups in total. The Morgan fingerprint density at radius 3 is 2.35 bits per heavy atom. The summed E-state index contributed by atoms with van der Waals surface area (Å²) in [4.78, 5) is 4.48. The van der Waals surface area contributed by atoms with Gasteiger partial charge in [-0.25, -0.2) is 0 Å². The third-order valence-corrected chi connectivity index (χ3v) is 3.07. The van der Waals surface area contributed by atoms with Crippen molar-refractivity contribution >= 4 is 5.69 Å². The molecule has 0 saturated carbocycles. The van der Waals surface area contributed by atoms with Crippen LogP contribution in [0.4, 0.5) is 5.69 Å². The smallest absolute Gasteiger partial charge is 0.0412 e. The third-order valence-electron chi connectivity index (χ3n) is 3.07. The van der Waals surface area contributed by atoms with Crippen molar-refractivity contribution in [2.45, 2.75) is 19.4 Å². The van der Waals surface area contributed by atoms with Gasteiger partial charge >= 0.3 is 0 Å². The van der Waals surface area contributed by atoms with Gasteiger partial charge in [-0.3, -0.25) is 0 Å². The van der Waals surface area contributed by atoms with Gasteiger partial charge in [0.15, 0.2) is 0 Å². The van der Waals surface area contributed by atoms with Gasteiger partial charge in [0.25, 0.3) is 0 Å². The minimum Gasteiger partial charge on any atom is -0.373 e. The average Bonchev–Trinajstić information content (AvgIpc) is 2.34. The lowest BCUT2D eigenvalue weighted by molar-refractivity contribution is 0.416. The minimum absolute atomic E-state index is 0.132. The van der Waals surface area contributed by atoms with Crippen LogP contribution in [-0.4, -0.2) is 39.1 Å². The molecule has 0 aliphatic carbocycles. The van der Waals surface area contributed by atoms with Crippen LogP contribution >= 0.6 is 0 Å². The molecule has 0 spiro atoms. The molecule has 1 unspecified atom stereocenters. The van der Waals surface area contributed by atoms with Crippen molar-refractivity contribution in [3.63, 3.8) is 0 Å². The quantitative estimate of drug-likeness (QED) is 0.819. The van der Waals surface area contributed by atoms with E-state index in [1.165, 1.54) is 11.3 Å². The van der Waals surface area contributed by atoms with E-state index >= 15 is 0 Å². The maximum atomic E-state index is 6.15. The van der Waals surface area contributed by atoms with E-state index < -0.39 is 0 Å². The molecule has 0 aliphatic heterocycles. The molecule has 0 aliphatic rings. The van der Waals surface area contributed by atoms with Crippen LogP contribution in [0.5, 0.6) is 0 Å². The highest BCUT2D eigenvalue weighted by Gasteiger charge is 2.11. The highest BCUT2D eigenvalue weighted by atomic mass is 15.2. The summed E-state index contributed by atoms with van der Waals surface area (Å²) in [5, 5.41) is 0. The van der Waals surface area contributed by atoms with Crippen LogP contribution < -0.4 is 10.6 Å². The van der Waals surface area contributed by atoms with Crippen molar-refractivity contribution in [3.05, 3.63) is 29.8 Å². The average molecular weight is 235 g/mol. The van der Waals surface area contributed by atoms with Crippen molar-refractivity contribution in [2.75, 3.05) is 39.1 Å². The molecule has 0 aromatic heterocycles. The van der Waals surface area contributed by atoms with Gasteiger partial charge in [-0.15, -0.1) is 0 Å². The van der Waals surface area contributed by atoms with E-state index in [0.717, 1.165) is 19.5 Å².